The number of hydrogen-bond acceptors (Lipinski definition) is 6. The smallest absolute Gasteiger partial charge is 0.292 e. The van der Waals surface area contributed by atoms with Crippen molar-refractivity contribution in [1.82, 2.24) is 15.5 Å². The van der Waals surface area contributed by atoms with E-state index >= 15 is 0 Å². The molecule has 2 aliphatic heterocycles. The molecule has 2 aliphatic rings. The van der Waals surface area contributed by atoms with Gasteiger partial charge in [-0.25, -0.2) is 0 Å². The van der Waals surface area contributed by atoms with Crippen LogP contribution < -0.4 is 16.4 Å². The lowest BCUT2D eigenvalue weighted by atomic mass is 9.97. The fourth-order valence-corrected chi connectivity index (χ4v) is 3.71. The summed E-state index contributed by atoms with van der Waals surface area (Å²) >= 11 is 0. The Kier molecular flexibility index (Phi) is 5.90. The van der Waals surface area contributed by atoms with Crippen LogP contribution >= 0.6 is 0 Å². The Labute approximate surface area is 157 Å². The van der Waals surface area contributed by atoms with Crippen molar-refractivity contribution in [3.05, 3.63) is 33.9 Å². The van der Waals surface area contributed by atoms with Crippen molar-refractivity contribution in [2.75, 3.05) is 31.9 Å². The Bertz CT molecular complexity index is 732. The number of nitrogen functional groups attached to an aromatic ring is 1. The van der Waals surface area contributed by atoms with Gasteiger partial charge in [-0.05, 0) is 50.3 Å². The molecule has 1 aromatic rings. The molecule has 2 heterocycles. The molecule has 2 amide bonds. The van der Waals surface area contributed by atoms with Crippen LogP contribution in [0.3, 0.4) is 0 Å². The van der Waals surface area contributed by atoms with E-state index < -0.39 is 4.92 Å². The number of nitrogens with zero attached hydrogens (tertiary/aromatic N) is 2. The third kappa shape index (κ3) is 4.54. The SMILES string of the molecule is Nc1ccc(C(=O)N2CCCC(CNC(=O)C3CCCN3)C2)cc1[N+](=O)[O-]. The van der Waals surface area contributed by atoms with E-state index in [-0.39, 0.29) is 40.7 Å². The quantitative estimate of drug-likeness (QED) is 0.398. The van der Waals surface area contributed by atoms with E-state index in [2.05, 4.69) is 10.6 Å². The number of carbonyl (C=O) groups excluding carboxylic acids is 2. The molecule has 4 N–H and O–H groups in total. The fourth-order valence-electron chi connectivity index (χ4n) is 3.71. The first kappa shape index (κ1) is 19.1. The van der Waals surface area contributed by atoms with E-state index in [1.54, 1.807) is 4.90 Å². The predicted octanol–water partition coefficient (Wildman–Crippen LogP) is 0.897. The second-order valence-electron chi connectivity index (χ2n) is 7.18. The van der Waals surface area contributed by atoms with Crippen LogP contribution in [0.2, 0.25) is 0 Å². The van der Waals surface area contributed by atoms with Crippen LogP contribution in [0.25, 0.3) is 0 Å². The van der Waals surface area contributed by atoms with Gasteiger partial charge in [0.25, 0.3) is 11.6 Å². The molecule has 0 spiro atoms. The van der Waals surface area contributed by atoms with E-state index in [1.165, 1.54) is 18.2 Å². The predicted molar refractivity (Wildman–Crippen MR) is 100 cm³/mol. The topological polar surface area (TPSA) is 131 Å². The van der Waals surface area contributed by atoms with Crippen LogP contribution in [0.5, 0.6) is 0 Å². The number of likely N-dealkylation sites (tertiary alicyclic amines) is 1. The van der Waals surface area contributed by atoms with Crippen molar-refractivity contribution >= 4 is 23.2 Å². The van der Waals surface area contributed by atoms with Gasteiger partial charge >= 0.3 is 0 Å². The van der Waals surface area contributed by atoms with E-state index in [9.17, 15) is 19.7 Å². The van der Waals surface area contributed by atoms with Crippen molar-refractivity contribution in [2.24, 2.45) is 5.92 Å². The molecule has 2 unspecified atom stereocenters. The Hall–Kier alpha value is -2.68. The highest BCUT2D eigenvalue weighted by Gasteiger charge is 2.27. The van der Waals surface area contributed by atoms with Gasteiger partial charge in [0.15, 0.2) is 0 Å². The number of piperidine rings is 1. The first-order valence-electron chi connectivity index (χ1n) is 9.30. The van der Waals surface area contributed by atoms with Gasteiger partial charge in [0.2, 0.25) is 5.91 Å². The number of nitrogens with one attached hydrogen (secondary N) is 2. The first-order chi connectivity index (χ1) is 13.0. The summed E-state index contributed by atoms with van der Waals surface area (Å²) in [5.74, 6) is -0.0477. The molecule has 0 radical (unpaired) electrons. The highest BCUT2D eigenvalue weighted by atomic mass is 16.6. The third-order valence-corrected chi connectivity index (χ3v) is 5.22. The van der Waals surface area contributed by atoms with Gasteiger partial charge in [-0.2, -0.15) is 0 Å². The van der Waals surface area contributed by atoms with E-state index in [0.29, 0.717) is 19.6 Å². The zero-order chi connectivity index (χ0) is 19.4. The van der Waals surface area contributed by atoms with Crippen molar-refractivity contribution in [3.8, 4) is 0 Å². The maximum atomic E-state index is 12.7. The lowest BCUT2D eigenvalue weighted by molar-refractivity contribution is -0.383. The number of nitro benzene ring substituents is 1. The van der Waals surface area contributed by atoms with Crippen LogP contribution in [-0.2, 0) is 4.79 Å². The standard InChI is InChI=1S/C18H25N5O4/c19-14-6-5-13(9-16(14)23(26)27)18(25)22-8-2-3-12(11-22)10-21-17(24)15-4-1-7-20-15/h5-6,9,12,15,20H,1-4,7-8,10-11,19H2,(H,21,24). The fraction of sp³-hybridized carbons (Fsp3) is 0.556. The first-order valence-corrected chi connectivity index (χ1v) is 9.30. The van der Waals surface area contributed by atoms with Crippen molar-refractivity contribution in [1.29, 1.82) is 0 Å². The van der Waals surface area contributed by atoms with Crippen molar-refractivity contribution < 1.29 is 14.5 Å². The van der Waals surface area contributed by atoms with Crippen LogP contribution in [0.1, 0.15) is 36.0 Å². The summed E-state index contributed by atoms with van der Waals surface area (Å²) in [6.45, 7) is 2.53. The molecule has 0 saturated carbocycles. The molecule has 9 heteroatoms. The minimum absolute atomic E-state index is 0.0186. The zero-order valence-electron chi connectivity index (χ0n) is 15.1. The summed E-state index contributed by atoms with van der Waals surface area (Å²) in [5.41, 5.74) is 5.64. The summed E-state index contributed by atoms with van der Waals surface area (Å²) in [6.07, 6.45) is 3.64. The monoisotopic (exact) mass is 375 g/mol. The molecular weight excluding hydrogens is 350 g/mol. The summed E-state index contributed by atoms with van der Waals surface area (Å²) in [5, 5.41) is 17.2. The maximum Gasteiger partial charge on any atom is 0.292 e. The highest BCUT2D eigenvalue weighted by Crippen LogP contribution is 2.24. The second-order valence-corrected chi connectivity index (χ2v) is 7.18. The molecule has 1 aromatic carbocycles. The molecule has 3 rings (SSSR count). The van der Waals surface area contributed by atoms with E-state index in [1.807, 2.05) is 0 Å². The van der Waals surface area contributed by atoms with Gasteiger partial charge in [0, 0.05) is 31.3 Å². The number of carbonyl (C=O) groups is 2. The number of amides is 2. The van der Waals surface area contributed by atoms with Crippen LogP contribution in [-0.4, -0.2) is 53.9 Å². The molecule has 0 aliphatic carbocycles. The molecule has 146 valence electrons. The van der Waals surface area contributed by atoms with Gasteiger partial charge in [-0.1, -0.05) is 0 Å². The number of anilines is 1. The largest absolute Gasteiger partial charge is 0.393 e. The average molecular weight is 375 g/mol. The minimum Gasteiger partial charge on any atom is -0.393 e. The molecule has 2 atom stereocenters. The molecule has 2 fully saturated rings. The van der Waals surface area contributed by atoms with Crippen molar-refractivity contribution in [2.45, 2.75) is 31.7 Å². The highest BCUT2D eigenvalue weighted by molar-refractivity contribution is 5.95. The molecule has 0 aromatic heterocycles. The Morgan fingerprint density at radius 3 is 2.85 bits per heavy atom. The Morgan fingerprint density at radius 2 is 2.15 bits per heavy atom. The Morgan fingerprint density at radius 1 is 1.33 bits per heavy atom. The summed E-state index contributed by atoms with van der Waals surface area (Å²) in [7, 11) is 0. The van der Waals surface area contributed by atoms with E-state index in [0.717, 1.165) is 32.2 Å². The average Bonchev–Trinajstić information content (AvgIpc) is 3.21. The normalized spacial score (nSPS) is 22.4. The number of nitrogens with two attached hydrogens (primary N) is 1. The molecule has 2 saturated heterocycles. The maximum absolute atomic E-state index is 12.7. The summed E-state index contributed by atoms with van der Waals surface area (Å²) < 4.78 is 0. The number of rotatable bonds is 5. The molecule has 0 bridgehead atoms. The molecular formula is C18H25N5O4. The van der Waals surface area contributed by atoms with Crippen LogP contribution in [0.4, 0.5) is 11.4 Å². The Balaban J connectivity index is 1.58. The van der Waals surface area contributed by atoms with Crippen molar-refractivity contribution in [3.63, 3.8) is 0 Å². The second kappa shape index (κ2) is 8.34. The number of benzene rings is 1. The molecule has 27 heavy (non-hydrogen) atoms. The van der Waals surface area contributed by atoms with Gasteiger partial charge in [0.1, 0.15) is 5.69 Å². The zero-order valence-corrected chi connectivity index (χ0v) is 15.1. The lowest BCUT2D eigenvalue weighted by Crippen LogP contribution is -2.46. The van der Waals surface area contributed by atoms with Gasteiger partial charge in [-0.3, -0.25) is 19.7 Å². The molecule has 9 nitrogen and oxygen atoms in total. The van der Waals surface area contributed by atoms with Gasteiger partial charge < -0.3 is 21.3 Å². The number of nitro groups is 1. The number of hydrogen-bond donors (Lipinski definition) is 3. The van der Waals surface area contributed by atoms with Crippen LogP contribution in [0, 0.1) is 16.0 Å². The third-order valence-electron chi connectivity index (χ3n) is 5.22. The van der Waals surface area contributed by atoms with Gasteiger partial charge in [0.05, 0.1) is 11.0 Å². The lowest BCUT2D eigenvalue weighted by Gasteiger charge is -2.33. The minimum atomic E-state index is -0.586. The van der Waals surface area contributed by atoms with E-state index in [4.69, 9.17) is 5.73 Å². The van der Waals surface area contributed by atoms with Gasteiger partial charge in [-0.15, -0.1) is 0 Å². The summed E-state index contributed by atoms with van der Waals surface area (Å²) in [4.78, 5) is 37.0. The van der Waals surface area contributed by atoms with Crippen LogP contribution in [0.15, 0.2) is 18.2 Å². The summed E-state index contributed by atoms with van der Waals surface area (Å²) in [6, 6.07) is 4.03.